The fraction of sp³-hybridized carbons (Fsp3) is 0.455. The van der Waals surface area contributed by atoms with E-state index in [1.165, 1.54) is 25.7 Å². The first-order valence-corrected chi connectivity index (χ1v) is 10.4. The third-order valence-electron chi connectivity index (χ3n) is 4.22. The van der Waals surface area contributed by atoms with Crippen molar-refractivity contribution in [2.75, 3.05) is 13.2 Å². The second-order valence-corrected chi connectivity index (χ2v) is 7.32. The maximum absolute atomic E-state index is 6.47. The number of hydrogen-bond donors (Lipinski definition) is 1. The van der Waals surface area contributed by atoms with E-state index in [1.807, 2.05) is 43.3 Å². The van der Waals surface area contributed by atoms with Crippen molar-refractivity contribution in [3.63, 3.8) is 0 Å². The zero-order chi connectivity index (χ0) is 19.5. The number of unbranched alkanes of at least 4 members (excludes halogenated alkanes) is 3. The summed E-state index contributed by atoms with van der Waals surface area (Å²) < 4.78 is 11.7. The highest BCUT2D eigenvalue weighted by Crippen LogP contribution is 2.34. The van der Waals surface area contributed by atoms with E-state index < -0.39 is 0 Å². The molecule has 0 spiro atoms. The number of benzene rings is 2. The van der Waals surface area contributed by atoms with Crippen LogP contribution in [0.1, 0.15) is 50.7 Å². The van der Waals surface area contributed by atoms with Crippen LogP contribution in [0.2, 0.25) is 10.0 Å². The molecule has 0 radical (unpaired) electrons. The maximum Gasteiger partial charge on any atom is 0.163 e. The summed E-state index contributed by atoms with van der Waals surface area (Å²) in [5.41, 5.74) is 2.02. The third kappa shape index (κ3) is 7.61. The molecule has 27 heavy (non-hydrogen) atoms. The topological polar surface area (TPSA) is 30.5 Å². The van der Waals surface area contributed by atoms with E-state index in [4.69, 9.17) is 32.7 Å². The van der Waals surface area contributed by atoms with Crippen LogP contribution in [0.25, 0.3) is 0 Å². The van der Waals surface area contributed by atoms with Crippen LogP contribution < -0.4 is 14.8 Å². The summed E-state index contributed by atoms with van der Waals surface area (Å²) in [5.74, 6) is 1.36. The smallest absolute Gasteiger partial charge is 0.163 e. The summed E-state index contributed by atoms with van der Waals surface area (Å²) in [5, 5.41) is 4.83. The number of nitrogens with one attached hydrogen (secondary N) is 1. The largest absolute Gasteiger partial charge is 0.490 e. The van der Waals surface area contributed by atoms with Crippen LogP contribution in [0.5, 0.6) is 11.5 Å². The molecule has 0 saturated carbocycles. The Bertz CT molecular complexity index is 707. The second kappa shape index (κ2) is 12.1. The van der Waals surface area contributed by atoms with Gasteiger partial charge in [-0.2, -0.15) is 0 Å². The molecule has 148 valence electrons. The molecule has 0 fully saturated rings. The second-order valence-electron chi connectivity index (χ2n) is 6.48. The van der Waals surface area contributed by atoms with E-state index in [1.54, 1.807) is 0 Å². The molecule has 2 aromatic rings. The van der Waals surface area contributed by atoms with Crippen LogP contribution in [-0.4, -0.2) is 13.2 Å². The predicted octanol–water partition coefficient (Wildman–Crippen LogP) is 6.64. The van der Waals surface area contributed by atoms with Gasteiger partial charge < -0.3 is 14.8 Å². The molecule has 0 amide bonds. The highest BCUT2D eigenvalue weighted by molar-refractivity contribution is 6.31. The Hall–Kier alpha value is -1.42. The Morgan fingerprint density at radius 3 is 2.48 bits per heavy atom. The lowest BCUT2D eigenvalue weighted by atomic mass is 10.1. The van der Waals surface area contributed by atoms with Gasteiger partial charge in [-0.25, -0.2) is 0 Å². The molecule has 0 unspecified atom stereocenters. The molecule has 0 saturated heterocycles. The van der Waals surface area contributed by atoms with E-state index in [-0.39, 0.29) is 0 Å². The van der Waals surface area contributed by atoms with Gasteiger partial charge in [-0.15, -0.1) is 0 Å². The molecule has 3 nitrogen and oxygen atoms in total. The van der Waals surface area contributed by atoms with Gasteiger partial charge in [0.1, 0.15) is 6.61 Å². The Balaban J connectivity index is 1.99. The highest BCUT2D eigenvalue weighted by atomic mass is 35.5. The van der Waals surface area contributed by atoms with Crippen molar-refractivity contribution in [2.45, 2.75) is 52.7 Å². The van der Waals surface area contributed by atoms with Gasteiger partial charge >= 0.3 is 0 Å². The van der Waals surface area contributed by atoms with Gasteiger partial charge in [0.15, 0.2) is 11.5 Å². The van der Waals surface area contributed by atoms with Gasteiger partial charge in [0.2, 0.25) is 0 Å². The minimum atomic E-state index is 0.409. The van der Waals surface area contributed by atoms with E-state index in [0.29, 0.717) is 34.8 Å². The maximum atomic E-state index is 6.47. The molecular weight excluding hydrogens is 381 g/mol. The lowest BCUT2D eigenvalue weighted by Crippen LogP contribution is -2.15. The number of ether oxygens (including phenoxy) is 2. The van der Waals surface area contributed by atoms with Crippen LogP contribution >= 0.6 is 23.2 Å². The molecule has 0 aliphatic rings. The Morgan fingerprint density at radius 1 is 0.926 bits per heavy atom. The molecule has 0 bridgehead atoms. The molecule has 0 aliphatic heterocycles. The Labute approximate surface area is 173 Å². The van der Waals surface area contributed by atoms with Gasteiger partial charge in [-0.05, 0) is 49.2 Å². The minimum absolute atomic E-state index is 0.409. The number of rotatable bonds is 12. The van der Waals surface area contributed by atoms with Gasteiger partial charge in [-0.3, -0.25) is 0 Å². The van der Waals surface area contributed by atoms with Crippen molar-refractivity contribution in [1.82, 2.24) is 5.32 Å². The van der Waals surface area contributed by atoms with Crippen LogP contribution in [0.4, 0.5) is 0 Å². The number of hydrogen-bond acceptors (Lipinski definition) is 3. The standard InChI is InChI=1S/C22H29Cl2NO2/c1-3-5-6-7-11-25-15-18-13-21(26-4-2)22(14-20(18)24)27-16-17-9-8-10-19(23)12-17/h8-10,12-14,25H,3-7,11,15-16H2,1-2H3. The Morgan fingerprint density at radius 2 is 1.74 bits per heavy atom. The van der Waals surface area contributed by atoms with Gasteiger partial charge in [0.25, 0.3) is 0 Å². The summed E-state index contributed by atoms with van der Waals surface area (Å²) in [7, 11) is 0. The zero-order valence-electron chi connectivity index (χ0n) is 16.2. The molecule has 1 N–H and O–H groups in total. The first kappa shape index (κ1) is 21.9. The first-order valence-electron chi connectivity index (χ1n) is 9.67. The van der Waals surface area contributed by atoms with Crippen molar-refractivity contribution >= 4 is 23.2 Å². The lowest BCUT2D eigenvalue weighted by Gasteiger charge is -2.15. The van der Waals surface area contributed by atoms with Crippen LogP contribution in [0, 0.1) is 0 Å². The quantitative estimate of drug-likeness (QED) is 0.398. The third-order valence-corrected chi connectivity index (χ3v) is 4.81. The van der Waals surface area contributed by atoms with Crippen molar-refractivity contribution < 1.29 is 9.47 Å². The fourth-order valence-corrected chi connectivity index (χ4v) is 3.21. The molecule has 5 heteroatoms. The molecule has 0 heterocycles. The minimum Gasteiger partial charge on any atom is -0.490 e. The average Bonchev–Trinajstić information content (AvgIpc) is 2.65. The van der Waals surface area contributed by atoms with Gasteiger partial charge in [0, 0.05) is 22.7 Å². The van der Waals surface area contributed by atoms with Crippen LogP contribution in [0.3, 0.4) is 0 Å². The van der Waals surface area contributed by atoms with Gasteiger partial charge in [-0.1, -0.05) is 61.5 Å². The average molecular weight is 410 g/mol. The van der Waals surface area contributed by atoms with Crippen molar-refractivity contribution in [3.8, 4) is 11.5 Å². The van der Waals surface area contributed by atoms with Crippen LogP contribution in [-0.2, 0) is 13.2 Å². The summed E-state index contributed by atoms with van der Waals surface area (Å²) >= 11 is 12.5. The Kier molecular flexibility index (Phi) is 9.82. The van der Waals surface area contributed by atoms with Crippen molar-refractivity contribution in [2.24, 2.45) is 0 Å². The van der Waals surface area contributed by atoms with E-state index >= 15 is 0 Å². The van der Waals surface area contributed by atoms with E-state index in [2.05, 4.69) is 12.2 Å². The lowest BCUT2D eigenvalue weighted by molar-refractivity contribution is 0.269. The van der Waals surface area contributed by atoms with Crippen molar-refractivity contribution in [1.29, 1.82) is 0 Å². The molecule has 2 rings (SSSR count). The zero-order valence-corrected chi connectivity index (χ0v) is 17.7. The van der Waals surface area contributed by atoms with Crippen molar-refractivity contribution in [3.05, 3.63) is 57.6 Å². The van der Waals surface area contributed by atoms with E-state index in [0.717, 1.165) is 24.2 Å². The molecular formula is C22H29Cl2NO2. The summed E-state index contributed by atoms with van der Waals surface area (Å²) in [6.07, 6.45) is 4.98. The predicted molar refractivity (Wildman–Crippen MR) is 114 cm³/mol. The SMILES string of the molecule is CCCCCCNCc1cc(OCC)c(OCc2cccc(Cl)c2)cc1Cl. The highest BCUT2D eigenvalue weighted by Gasteiger charge is 2.11. The monoisotopic (exact) mass is 409 g/mol. The molecule has 2 aromatic carbocycles. The van der Waals surface area contributed by atoms with Gasteiger partial charge in [0.05, 0.1) is 6.61 Å². The summed E-state index contributed by atoms with van der Waals surface area (Å²) in [6, 6.07) is 11.4. The van der Waals surface area contributed by atoms with E-state index in [9.17, 15) is 0 Å². The normalized spacial score (nSPS) is 10.8. The molecule has 0 atom stereocenters. The molecule has 0 aromatic heterocycles. The first-order chi connectivity index (χ1) is 13.1. The summed E-state index contributed by atoms with van der Waals surface area (Å²) in [4.78, 5) is 0. The fourth-order valence-electron chi connectivity index (χ4n) is 2.78. The molecule has 0 aliphatic carbocycles. The number of halogens is 2. The summed E-state index contributed by atoms with van der Waals surface area (Å²) in [6.45, 7) is 6.87. The van der Waals surface area contributed by atoms with Crippen LogP contribution in [0.15, 0.2) is 36.4 Å².